The Balaban J connectivity index is 2.51. The topological polar surface area (TPSA) is 78.9 Å². The standard InChI is InChI=1S/C15H15N3O2/c1-10(2)8-18-9-13(15(19)20)14(17-18)12-5-3-4-11(6-12)7-16/h3-6,9-10H,8H2,1-2H3,(H,19,20). The molecule has 20 heavy (non-hydrogen) atoms. The summed E-state index contributed by atoms with van der Waals surface area (Å²) in [5.41, 5.74) is 1.68. The van der Waals surface area contributed by atoms with E-state index >= 15 is 0 Å². The molecule has 5 nitrogen and oxygen atoms in total. The Morgan fingerprint density at radius 3 is 2.85 bits per heavy atom. The molecule has 2 aromatic rings. The molecule has 102 valence electrons. The summed E-state index contributed by atoms with van der Waals surface area (Å²) in [6.07, 6.45) is 1.54. The van der Waals surface area contributed by atoms with Crippen LogP contribution in [0.5, 0.6) is 0 Å². The number of hydrogen-bond acceptors (Lipinski definition) is 3. The van der Waals surface area contributed by atoms with Crippen molar-refractivity contribution < 1.29 is 9.90 Å². The molecule has 0 atom stereocenters. The number of carbonyl (C=O) groups is 1. The van der Waals surface area contributed by atoms with E-state index in [1.165, 1.54) is 6.20 Å². The monoisotopic (exact) mass is 269 g/mol. The van der Waals surface area contributed by atoms with Gasteiger partial charge in [-0.05, 0) is 18.1 Å². The Kier molecular flexibility index (Phi) is 3.85. The van der Waals surface area contributed by atoms with E-state index in [1.807, 2.05) is 19.9 Å². The highest BCUT2D eigenvalue weighted by atomic mass is 16.4. The number of nitriles is 1. The number of hydrogen-bond donors (Lipinski definition) is 1. The van der Waals surface area contributed by atoms with Crippen molar-refractivity contribution in [3.05, 3.63) is 41.6 Å². The van der Waals surface area contributed by atoms with Gasteiger partial charge in [0.25, 0.3) is 0 Å². The van der Waals surface area contributed by atoms with E-state index < -0.39 is 5.97 Å². The molecule has 0 fully saturated rings. The average molecular weight is 269 g/mol. The van der Waals surface area contributed by atoms with Crippen LogP contribution >= 0.6 is 0 Å². The summed E-state index contributed by atoms with van der Waals surface area (Å²) in [5, 5.41) is 22.5. The van der Waals surface area contributed by atoms with Gasteiger partial charge in [0.15, 0.2) is 0 Å². The third kappa shape index (κ3) is 2.86. The summed E-state index contributed by atoms with van der Waals surface area (Å²) in [6, 6.07) is 8.85. The van der Waals surface area contributed by atoms with Gasteiger partial charge in [-0.1, -0.05) is 26.0 Å². The molecule has 0 spiro atoms. The Bertz CT molecular complexity index is 681. The van der Waals surface area contributed by atoms with Crippen LogP contribution in [0.2, 0.25) is 0 Å². The van der Waals surface area contributed by atoms with E-state index in [1.54, 1.807) is 28.9 Å². The summed E-state index contributed by atoms with van der Waals surface area (Å²) >= 11 is 0. The van der Waals surface area contributed by atoms with Gasteiger partial charge in [-0.25, -0.2) is 4.79 Å². The third-order valence-corrected chi connectivity index (χ3v) is 2.81. The van der Waals surface area contributed by atoms with Crippen LogP contribution in [-0.2, 0) is 6.54 Å². The molecule has 2 rings (SSSR count). The number of aromatic nitrogens is 2. The van der Waals surface area contributed by atoms with Gasteiger partial charge >= 0.3 is 5.97 Å². The number of rotatable bonds is 4. The minimum atomic E-state index is -1.02. The molecule has 0 aliphatic rings. The van der Waals surface area contributed by atoms with Crippen molar-refractivity contribution in [3.63, 3.8) is 0 Å². The zero-order valence-electron chi connectivity index (χ0n) is 11.4. The second-order valence-corrected chi connectivity index (χ2v) is 5.01. The van der Waals surface area contributed by atoms with Gasteiger partial charge in [-0.15, -0.1) is 0 Å². The van der Waals surface area contributed by atoms with Crippen molar-refractivity contribution in [1.29, 1.82) is 5.26 Å². The number of carboxylic acid groups (broad SMARTS) is 1. The molecule has 1 N–H and O–H groups in total. The third-order valence-electron chi connectivity index (χ3n) is 2.81. The van der Waals surface area contributed by atoms with Crippen LogP contribution in [0.3, 0.4) is 0 Å². The Labute approximate surface area is 117 Å². The smallest absolute Gasteiger partial charge is 0.339 e. The molecule has 0 unspecified atom stereocenters. The second kappa shape index (κ2) is 5.57. The van der Waals surface area contributed by atoms with E-state index in [0.29, 0.717) is 29.3 Å². The second-order valence-electron chi connectivity index (χ2n) is 5.01. The van der Waals surface area contributed by atoms with E-state index in [4.69, 9.17) is 5.26 Å². The molecule has 1 heterocycles. The number of nitrogens with zero attached hydrogens (tertiary/aromatic N) is 3. The molecule has 0 aliphatic carbocycles. The fraction of sp³-hybridized carbons (Fsp3) is 0.267. The molecule has 1 aromatic carbocycles. The molecule has 1 aromatic heterocycles. The Morgan fingerprint density at radius 2 is 2.25 bits per heavy atom. The highest BCUT2D eigenvalue weighted by molar-refractivity contribution is 5.94. The fourth-order valence-corrected chi connectivity index (χ4v) is 1.99. The molecule has 0 bridgehead atoms. The van der Waals surface area contributed by atoms with Crippen LogP contribution in [0.4, 0.5) is 0 Å². The summed E-state index contributed by atoms with van der Waals surface area (Å²) in [6.45, 7) is 4.73. The van der Waals surface area contributed by atoms with Crippen molar-refractivity contribution in [3.8, 4) is 17.3 Å². The lowest BCUT2D eigenvalue weighted by atomic mass is 10.1. The van der Waals surface area contributed by atoms with Crippen molar-refractivity contribution >= 4 is 5.97 Å². The summed E-state index contributed by atoms with van der Waals surface area (Å²) in [4.78, 5) is 11.3. The van der Waals surface area contributed by atoms with Crippen molar-refractivity contribution in [1.82, 2.24) is 9.78 Å². The molecular weight excluding hydrogens is 254 g/mol. The molecule has 0 saturated heterocycles. The molecule has 0 radical (unpaired) electrons. The SMILES string of the molecule is CC(C)Cn1cc(C(=O)O)c(-c2cccc(C#N)c2)n1. The Morgan fingerprint density at radius 1 is 1.50 bits per heavy atom. The van der Waals surface area contributed by atoms with E-state index in [-0.39, 0.29) is 5.56 Å². The lowest BCUT2D eigenvalue weighted by molar-refractivity contribution is 0.0697. The lowest BCUT2D eigenvalue weighted by Crippen LogP contribution is -2.04. The van der Waals surface area contributed by atoms with Gasteiger partial charge < -0.3 is 5.11 Å². The first-order valence-corrected chi connectivity index (χ1v) is 6.32. The molecule has 0 amide bonds. The van der Waals surface area contributed by atoms with Crippen molar-refractivity contribution in [2.75, 3.05) is 0 Å². The predicted molar refractivity (Wildman–Crippen MR) is 74.2 cm³/mol. The lowest BCUT2D eigenvalue weighted by Gasteiger charge is -2.03. The fourth-order valence-electron chi connectivity index (χ4n) is 1.99. The highest BCUT2D eigenvalue weighted by Gasteiger charge is 2.17. The molecular formula is C15H15N3O2. The number of aromatic carboxylic acids is 1. The maximum atomic E-state index is 11.3. The quantitative estimate of drug-likeness (QED) is 0.925. The average Bonchev–Trinajstić information content (AvgIpc) is 2.82. The van der Waals surface area contributed by atoms with Gasteiger partial charge in [-0.3, -0.25) is 4.68 Å². The zero-order chi connectivity index (χ0) is 14.7. The molecule has 0 aliphatic heterocycles. The van der Waals surface area contributed by atoms with E-state index in [2.05, 4.69) is 5.10 Å². The van der Waals surface area contributed by atoms with E-state index in [9.17, 15) is 9.90 Å². The van der Waals surface area contributed by atoms with Crippen LogP contribution in [-0.4, -0.2) is 20.9 Å². The van der Waals surface area contributed by atoms with Crippen LogP contribution in [0.1, 0.15) is 29.8 Å². The highest BCUT2D eigenvalue weighted by Crippen LogP contribution is 2.23. The maximum Gasteiger partial charge on any atom is 0.339 e. The maximum absolute atomic E-state index is 11.3. The minimum absolute atomic E-state index is 0.153. The first kappa shape index (κ1) is 13.8. The number of benzene rings is 1. The largest absolute Gasteiger partial charge is 0.478 e. The summed E-state index contributed by atoms with van der Waals surface area (Å²) in [7, 11) is 0. The van der Waals surface area contributed by atoms with Gasteiger partial charge in [-0.2, -0.15) is 10.4 Å². The van der Waals surface area contributed by atoms with Gasteiger partial charge in [0.05, 0.1) is 11.6 Å². The zero-order valence-corrected chi connectivity index (χ0v) is 11.4. The summed E-state index contributed by atoms with van der Waals surface area (Å²) < 4.78 is 1.64. The van der Waals surface area contributed by atoms with Gasteiger partial charge in [0.1, 0.15) is 11.3 Å². The van der Waals surface area contributed by atoms with Crippen LogP contribution in [0.15, 0.2) is 30.5 Å². The Hall–Kier alpha value is -2.61. The van der Waals surface area contributed by atoms with Crippen LogP contribution in [0.25, 0.3) is 11.3 Å². The van der Waals surface area contributed by atoms with E-state index in [0.717, 1.165) is 0 Å². The van der Waals surface area contributed by atoms with Crippen molar-refractivity contribution in [2.24, 2.45) is 5.92 Å². The van der Waals surface area contributed by atoms with Crippen LogP contribution < -0.4 is 0 Å². The normalized spacial score (nSPS) is 10.5. The minimum Gasteiger partial charge on any atom is -0.478 e. The first-order valence-electron chi connectivity index (χ1n) is 6.32. The van der Waals surface area contributed by atoms with Gasteiger partial charge in [0.2, 0.25) is 0 Å². The predicted octanol–water partition coefficient (Wildman–Crippen LogP) is 2.78. The van der Waals surface area contributed by atoms with Crippen LogP contribution in [0, 0.1) is 17.2 Å². The molecule has 5 heteroatoms. The van der Waals surface area contributed by atoms with Crippen molar-refractivity contribution in [2.45, 2.75) is 20.4 Å². The van der Waals surface area contributed by atoms with Gasteiger partial charge in [0, 0.05) is 18.3 Å². The first-order chi connectivity index (χ1) is 9.51. The number of carboxylic acids is 1. The molecule has 0 saturated carbocycles. The summed E-state index contributed by atoms with van der Waals surface area (Å²) in [5.74, 6) is -0.646.